The van der Waals surface area contributed by atoms with Crippen LogP contribution >= 0.6 is 0 Å². The zero-order valence-corrected chi connectivity index (χ0v) is 16.0. The van der Waals surface area contributed by atoms with Crippen molar-refractivity contribution < 1.29 is 9.47 Å². The number of methoxy groups -OCH3 is 2. The lowest BCUT2D eigenvalue weighted by molar-refractivity contribution is 0.382. The minimum absolute atomic E-state index is 0.562. The minimum atomic E-state index is 0.562. The summed E-state index contributed by atoms with van der Waals surface area (Å²) in [6, 6.07) is 14.5. The van der Waals surface area contributed by atoms with Crippen molar-refractivity contribution in [1.82, 2.24) is 10.2 Å². The highest BCUT2D eigenvalue weighted by atomic mass is 16.5. The highest BCUT2D eigenvalue weighted by Crippen LogP contribution is 2.34. The first-order chi connectivity index (χ1) is 12.7. The van der Waals surface area contributed by atoms with Crippen molar-refractivity contribution in [2.24, 2.45) is 4.99 Å². The molecule has 1 N–H and O–H groups in total. The number of guanidine groups is 1. The third-order valence-corrected chi connectivity index (χ3v) is 4.94. The third-order valence-electron chi connectivity index (χ3n) is 4.94. The summed E-state index contributed by atoms with van der Waals surface area (Å²) < 4.78 is 10.8. The summed E-state index contributed by atoms with van der Waals surface area (Å²) in [4.78, 5) is 6.53. The molecule has 0 saturated heterocycles. The standard InChI is InChI=1S/C21H27N3O2/c1-22-21(23-13-17-11-15-7-5-6-8-19(15)17)24(2)14-16-9-10-18(25-3)12-20(16)26-4/h5-10,12,17H,11,13-14H2,1-4H3,(H,22,23). The Balaban J connectivity index is 1.60. The van der Waals surface area contributed by atoms with Crippen LogP contribution in [-0.2, 0) is 13.0 Å². The molecule has 138 valence electrons. The van der Waals surface area contributed by atoms with Gasteiger partial charge in [-0.1, -0.05) is 24.3 Å². The number of hydrogen-bond acceptors (Lipinski definition) is 3. The van der Waals surface area contributed by atoms with Gasteiger partial charge in [0.1, 0.15) is 11.5 Å². The number of aliphatic imine (C=N–C) groups is 1. The van der Waals surface area contributed by atoms with Gasteiger partial charge in [0.25, 0.3) is 0 Å². The highest BCUT2D eigenvalue weighted by molar-refractivity contribution is 5.79. The summed E-state index contributed by atoms with van der Waals surface area (Å²) in [5, 5.41) is 3.50. The molecule has 0 aromatic heterocycles. The van der Waals surface area contributed by atoms with Crippen molar-refractivity contribution in [3.05, 3.63) is 59.2 Å². The number of hydrogen-bond donors (Lipinski definition) is 1. The van der Waals surface area contributed by atoms with Gasteiger partial charge in [-0.25, -0.2) is 0 Å². The van der Waals surface area contributed by atoms with E-state index in [2.05, 4.69) is 39.5 Å². The summed E-state index contributed by atoms with van der Waals surface area (Å²) in [6.07, 6.45) is 1.14. The Morgan fingerprint density at radius 1 is 1.19 bits per heavy atom. The molecular formula is C21H27N3O2. The molecule has 1 aliphatic rings. The molecule has 0 heterocycles. The van der Waals surface area contributed by atoms with E-state index in [-0.39, 0.29) is 0 Å². The van der Waals surface area contributed by atoms with E-state index in [4.69, 9.17) is 9.47 Å². The van der Waals surface area contributed by atoms with Crippen LogP contribution in [0.5, 0.6) is 11.5 Å². The number of nitrogens with zero attached hydrogens (tertiary/aromatic N) is 2. The quantitative estimate of drug-likeness (QED) is 0.640. The largest absolute Gasteiger partial charge is 0.497 e. The van der Waals surface area contributed by atoms with Gasteiger partial charge < -0.3 is 19.7 Å². The van der Waals surface area contributed by atoms with Gasteiger partial charge in [-0.05, 0) is 29.7 Å². The van der Waals surface area contributed by atoms with Crippen molar-refractivity contribution in [2.45, 2.75) is 18.9 Å². The molecule has 1 atom stereocenters. The molecule has 1 aliphatic carbocycles. The van der Waals surface area contributed by atoms with Crippen molar-refractivity contribution in [2.75, 3.05) is 34.9 Å². The van der Waals surface area contributed by atoms with Crippen LogP contribution in [0.2, 0.25) is 0 Å². The molecule has 0 amide bonds. The molecule has 0 spiro atoms. The Hall–Kier alpha value is -2.69. The molecule has 0 aliphatic heterocycles. The molecule has 1 unspecified atom stereocenters. The Kier molecular flexibility index (Phi) is 5.66. The van der Waals surface area contributed by atoms with E-state index in [9.17, 15) is 0 Å². The number of fused-ring (bicyclic) bond motifs is 1. The molecule has 5 nitrogen and oxygen atoms in total. The Morgan fingerprint density at radius 3 is 2.69 bits per heavy atom. The van der Waals surface area contributed by atoms with Gasteiger partial charge in [0.05, 0.1) is 14.2 Å². The van der Waals surface area contributed by atoms with Gasteiger partial charge in [0.15, 0.2) is 5.96 Å². The van der Waals surface area contributed by atoms with Crippen LogP contribution in [0.3, 0.4) is 0 Å². The first kappa shape index (κ1) is 18.1. The maximum Gasteiger partial charge on any atom is 0.193 e. The smallest absolute Gasteiger partial charge is 0.193 e. The maximum atomic E-state index is 5.50. The molecule has 3 rings (SSSR count). The summed E-state index contributed by atoms with van der Waals surface area (Å²) in [7, 11) is 7.19. The van der Waals surface area contributed by atoms with Gasteiger partial charge in [-0.3, -0.25) is 4.99 Å². The van der Waals surface area contributed by atoms with Crippen LogP contribution in [0, 0.1) is 0 Å². The molecule has 0 radical (unpaired) electrons. The van der Waals surface area contributed by atoms with E-state index in [0.29, 0.717) is 12.5 Å². The van der Waals surface area contributed by atoms with Crippen LogP contribution in [-0.4, -0.2) is 45.7 Å². The number of benzene rings is 2. The molecule has 26 heavy (non-hydrogen) atoms. The van der Waals surface area contributed by atoms with Crippen molar-refractivity contribution >= 4 is 5.96 Å². The summed E-state index contributed by atoms with van der Waals surface area (Å²) in [6.45, 7) is 1.60. The number of nitrogens with one attached hydrogen (secondary N) is 1. The molecule has 0 fully saturated rings. The monoisotopic (exact) mass is 353 g/mol. The predicted molar refractivity (Wildman–Crippen MR) is 105 cm³/mol. The average molecular weight is 353 g/mol. The highest BCUT2D eigenvalue weighted by Gasteiger charge is 2.25. The van der Waals surface area contributed by atoms with Crippen molar-refractivity contribution in [3.8, 4) is 11.5 Å². The Bertz CT molecular complexity index is 789. The van der Waals surface area contributed by atoms with Crippen molar-refractivity contribution in [3.63, 3.8) is 0 Å². The fourth-order valence-corrected chi connectivity index (χ4v) is 3.46. The molecule has 2 aromatic carbocycles. The SMILES string of the molecule is CN=C(NCC1Cc2ccccc21)N(C)Cc1ccc(OC)cc1OC. The Labute approximate surface area is 155 Å². The van der Waals surface area contributed by atoms with Crippen LogP contribution < -0.4 is 14.8 Å². The predicted octanol–water partition coefficient (Wildman–Crippen LogP) is 3.05. The summed E-state index contributed by atoms with van der Waals surface area (Å²) >= 11 is 0. The fraction of sp³-hybridized carbons (Fsp3) is 0.381. The topological polar surface area (TPSA) is 46.1 Å². The molecule has 0 saturated carbocycles. The molecule has 2 aromatic rings. The first-order valence-corrected chi connectivity index (χ1v) is 8.86. The first-order valence-electron chi connectivity index (χ1n) is 8.86. The second kappa shape index (κ2) is 8.13. The molecule has 5 heteroatoms. The second-order valence-corrected chi connectivity index (χ2v) is 6.56. The van der Waals surface area contributed by atoms with Crippen LogP contribution in [0.4, 0.5) is 0 Å². The zero-order valence-electron chi connectivity index (χ0n) is 16.0. The van der Waals surface area contributed by atoms with Crippen LogP contribution in [0.25, 0.3) is 0 Å². The fourth-order valence-electron chi connectivity index (χ4n) is 3.46. The molecule has 0 bridgehead atoms. The van der Waals surface area contributed by atoms with E-state index in [0.717, 1.165) is 36.0 Å². The number of ether oxygens (including phenoxy) is 2. The lowest BCUT2D eigenvalue weighted by Crippen LogP contribution is -2.41. The average Bonchev–Trinajstić information content (AvgIpc) is 2.65. The molecular weight excluding hydrogens is 326 g/mol. The second-order valence-electron chi connectivity index (χ2n) is 6.56. The van der Waals surface area contributed by atoms with E-state index in [1.54, 1.807) is 14.2 Å². The van der Waals surface area contributed by atoms with Crippen LogP contribution in [0.15, 0.2) is 47.5 Å². The summed E-state index contributed by atoms with van der Waals surface area (Å²) in [5.41, 5.74) is 4.01. The normalized spacial score (nSPS) is 15.7. The number of rotatable bonds is 6. The van der Waals surface area contributed by atoms with Gasteiger partial charge in [-0.2, -0.15) is 0 Å². The van der Waals surface area contributed by atoms with Crippen molar-refractivity contribution in [1.29, 1.82) is 0 Å². The Morgan fingerprint density at radius 2 is 2.00 bits per heavy atom. The van der Waals surface area contributed by atoms with E-state index in [1.807, 2.05) is 32.3 Å². The van der Waals surface area contributed by atoms with Gasteiger partial charge in [0, 0.05) is 44.7 Å². The lowest BCUT2D eigenvalue weighted by Gasteiger charge is -2.32. The van der Waals surface area contributed by atoms with Gasteiger partial charge >= 0.3 is 0 Å². The lowest BCUT2D eigenvalue weighted by atomic mass is 9.78. The van der Waals surface area contributed by atoms with E-state index < -0.39 is 0 Å². The minimum Gasteiger partial charge on any atom is -0.497 e. The summed E-state index contributed by atoms with van der Waals surface area (Å²) in [5.74, 6) is 3.05. The zero-order chi connectivity index (χ0) is 18.5. The van der Waals surface area contributed by atoms with Gasteiger partial charge in [-0.15, -0.1) is 0 Å². The van der Waals surface area contributed by atoms with Gasteiger partial charge in [0.2, 0.25) is 0 Å². The van der Waals surface area contributed by atoms with E-state index in [1.165, 1.54) is 11.1 Å². The maximum absolute atomic E-state index is 5.50. The third kappa shape index (κ3) is 3.77. The van der Waals surface area contributed by atoms with E-state index >= 15 is 0 Å². The van der Waals surface area contributed by atoms with Crippen LogP contribution in [0.1, 0.15) is 22.6 Å².